The van der Waals surface area contributed by atoms with Crippen LogP contribution in [-0.4, -0.2) is 29.3 Å². The predicted molar refractivity (Wildman–Crippen MR) is 40.5 cm³/mol. The predicted octanol–water partition coefficient (Wildman–Crippen LogP) is 0.0591. The molecule has 0 bridgehead atoms. The van der Waals surface area contributed by atoms with Gasteiger partial charge in [-0.3, -0.25) is 0 Å². The van der Waals surface area contributed by atoms with Crippen LogP contribution in [0.1, 0.15) is 6.42 Å². The lowest BCUT2D eigenvalue weighted by Crippen LogP contribution is -2.28. The minimum Gasteiger partial charge on any atom is -0.391 e. The van der Waals surface area contributed by atoms with E-state index in [4.69, 9.17) is 5.73 Å². The van der Waals surface area contributed by atoms with Crippen molar-refractivity contribution in [3.63, 3.8) is 0 Å². The van der Waals surface area contributed by atoms with E-state index in [1.54, 1.807) is 0 Å². The number of aliphatic hydroxyl groups excluding tert-OH is 1. The Balaban J connectivity index is 2.24. The summed E-state index contributed by atoms with van der Waals surface area (Å²) in [6.07, 6.45) is 0.892. The molecule has 2 atom stereocenters. The van der Waals surface area contributed by atoms with E-state index in [1.165, 1.54) is 5.75 Å². The highest BCUT2D eigenvalue weighted by Gasteiger charge is 2.21. The monoisotopic (exact) mass is 147 g/mol. The van der Waals surface area contributed by atoms with Crippen LogP contribution in [0.15, 0.2) is 0 Å². The molecule has 1 unspecified atom stereocenters. The lowest BCUT2D eigenvalue weighted by Gasteiger charge is -2.13. The summed E-state index contributed by atoms with van der Waals surface area (Å²) in [6.45, 7) is 0.422. The summed E-state index contributed by atoms with van der Waals surface area (Å²) in [6, 6.07) is 0. The van der Waals surface area contributed by atoms with Gasteiger partial charge in [0.1, 0.15) is 0 Å². The van der Waals surface area contributed by atoms with Crippen LogP contribution in [0.25, 0.3) is 0 Å². The Morgan fingerprint density at radius 2 is 2.56 bits per heavy atom. The van der Waals surface area contributed by atoms with E-state index in [1.807, 2.05) is 11.8 Å². The molecule has 1 fully saturated rings. The van der Waals surface area contributed by atoms with Gasteiger partial charge in [-0.05, 0) is 23.8 Å². The fourth-order valence-corrected chi connectivity index (χ4v) is 2.38. The molecular formula is C6H13NOS. The molecule has 9 heavy (non-hydrogen) atoms. The third-order valence-corrected chi connectivity index (χ3v) is 2.94. The van der Waals surface area contributed by atoms with Crippen molar-refractivity contribution in [1.29, 1.82) is 0 Å². The van der Waals surface area contributed by atoms with Crippen LogP contribution >= 0.6 is 11.8 Å². The van der Waals surface area contributed by atoms with Gasteiger partial charge in [0.2, 0.25) is 0 Å². The van der Waals surface area contributed by atoms with Crippen molar-refractivity contribution < 1.29 is 5.11 Å². The maximum atomic E-state index is 9.22. The Morgan fingerprint density at radius 1 is 1.78 bits per heavy atom. The molecule has 54 valence electrons. The fraction of sp³-hybridized carbons (Fsp3) is 1.00. The SMILES string of the molecule is NC[C@@H](O)C1CCSC1. The van der Waals surface area contributed by atoms with Gasteiger partial charge < -0.3 is 10.8 Å². The molecule has 3 N–H and O–H groups in total. The molecule has 0 spiro atoms. The maximum Gasteiger partial charge on any atom is 0.0698 e. The van der Waals surface area contributed by atoms with Crippen LogP contribution in [0.4, 0.5) is 0 Å². The van der Waals surface area contributed by atoms with E-state index in [2.05, 4.69) is 0 Å². The summed E-state index contributed by atoms with van der Waals surface area (Å²) in [7, 11) is 0. The number of hydrogen-bond acceptors (Lipinski definition) is 3. The average molecular weight is 147 g/mol. The highest BCUT2D eigenvalue weighted by atomic mass is 32.2. The van der Waals surface area contributed by atoms with E-state index in [0.29, 0.717) is 12.5 Å². The van der Waals surface area contributed by atoms with E-state index in [9.17, 15) is 5.11 Å². The second-order valence-corrected chi connectivity index (χ2v) is 3.58. The number of nitrogens with two attached hydrogens (primary N) is 1. The molecule has 1 aliphatic rings. The third-order valence-electron chi connectivity index (χ3n) is 1.75. The molecule has 1 heterocycles. The molecule has 0 aromatic heterocycles. The van der Waals surface area contributed by atoms with E-state index in [0.717, 1.165) is 12.2 Å². The van der Waals surface area contributed by atoms with Crippen LogP contribution in [0.5, 0.6) is 0 Å². The Morgan fingerprint density at radius 3 is 3.00 bits per heavy atom. The summed E-state index contributed by atoms with van der Waals surface area (Å²) >= 11 is 1.91. The molecule has 0 aromatic carbocycles. The zero-order valence-corrected chi connectivity index (χ0v) is 6.23. The van der Waals surface area contributed by atoms with Crippen LogP contribution in [0, 0.1) is 5.92 Å². The van der Waals surface area contributed by atoms with Gasteiger partial charge in [-0.1, -0.05) is 0 Å². The van der Waals surface area contributed by atoms with E-state index >= 15 is 0 Å². The first-order chi connectivity index (χ1) is 4.34. The van der Waals surface area contributed by atoms with Gasteiger partial charge in [0.15, 0.2) is 0 Å². The lowest BCUT2D eigenvalue weighted by molar-refractivity contribution is 0.128. The summed E-state index contributed by atoms with van der Waals surface area (Å²) in [5.74, 6) is 2.76. The zero-order chi connectivity index (χ0) is 6.69. The van der Waals surface area contributed by atoms with Crippen molar-refractivity contribution in [2.24, 2.45) is 11.7 Å². The highest BCUT2D eigenvalue weighted by molar-refractivity contribution is 7.99. The lowest BCUT2D eigenvalue weighted by atomic mass is 10.0. The third kappa shape index (κ3) is 1.85. The van der Waals surface area contributed by atoms with Gasteiger partial charge >= 0.3 is 0 Å². The first kappa shape index (κ1) is 7.38. The molecule has 0 radical (unpaired) electrons. The Kier molecular flexibility index (Phi) is 2.82. The van der Waals surface area contributed by atoms with Crippen LogP contribution in [0.2, 0.25) is 0 Å². The Hall–Kier alpha value is 0.270. The number of aliphatic hydroxyl groups is 1. The first-order valence-corrected chi connectivity index (χ1v) is 4.46. The van der Waals surface area contributed by atoms with Crippen molar-refractivity contribution >= 4 is 11.8 Å². The second kappa shape index (κ2) is 3.44. The smallest absolute Gasteiger partial charge is 0.0698 e. The molecule has 0 aromatic rings. The van der Waals surface area contributed by atoms with Gasteiger partial charge in [0, 0.05) is 6.54 Å². The van der Waals surface area contributed by atoms with Crippen LogP contribution < -0.4 is 5.73 Å². The maximum absolute atomic E-state index is 9.22. The van der Waals surface area contributed by atoms with Crippen molar-refractivity contribution in [2.45, 2.75) is 12.5 Å². The van der Waals surface area contributed by atoms with Gasteiger partial charge in [0.05, 0.1) is 6.10 Å². The van der Waals surface area contributed by atoms with Gasteiger partial charge in [-0.2, -0.15) is 11.8 Å². The molecule has 3 heteroatoms. The number of rotatable bonds is 2. The molecular weight excluding hydrogens is 134 g/mol. The second-order valence-electron chi connectivity index (χ2n) is 2.43. The van der Waals surface area contributed by atoms with E-state index in [-0.39, 0.29) is 6.10 Å². The van der Waals surface area contributed by atoms with Crippen LogP contribution in [-0.2, 0) is 0 Å². The summed E-state index contributed by atoms with van der Waals surface area (Å²) < 4.78 is 0. The molecule has 1 aliphatic heterocycles. The van der Waals surface area contributed by atoms with Crippen LogP contribution in [0.3, 0.4) is 0 Å². The minimum absolute atomic E-state index is 0.250. The molecule has 0 amide bonds. The average Bonchev–Trinajstić information content (AvgIpc) is 2.37. The Labute approximate surface area is 59.8 Å². The van der Waals surface area contributed by atoms with Gasteiger partial charge in [-0.25, -0.2) is 0 Å². The molecule has 1 rings (SSSR count). The normalized spacial score (nSPS) is 30.7. The molecule has 0 saturated carbocycles. The summed E-state index contributed by atoms with van der Waals surface area (Å²) in [5.41, 5.74) is 5.29. The standard InChI is InChI=1S/C6H13NOS/c7-3-6(8)5-1-2-9-4-5/h5-6,8H,1-4,7H2/t5?,6-/m1/s1. The highest BCUT2D eigenvalue weighted by Crippen LogP contribution is 2.25. The van der Waals surface area contributed by atoms with Crippen molar-refractivity contribution in [2.75, 3.05) is 18.1 Å². The van der Waals surface area contributed by atoms with Gasteiger partial charge in [-0.15, -0.1) is 0 Å². The summed E-state index contributed by atoms with van der Waals surface area (Å²) in [4.78, 5) is 0. The van der Waals surface area contributed by atoms with Crippen molar-refractivity contribution in [1.82, 2.24) is 0 Å². The largest absolute Gasteiger partial charge is 0.391 e. The molecule has 1 saturated heterocycles. The first-order valence-electron chi connectivity index (χ1n) is 3.30. The molecule has 2 nitrogen and oxygen atoms in total. The van der Waals surface area contributed by atoms with Gasteiger partial charge in [0.25, 0.3) is 0 Å². The van der Waals surface area contributed by atoms with Crippen molar-refractivity contribution in [3.05, 3.63) is 0 Å². The quantitative estimate of drug-likeness (QED) is 0.580. The number of thioether (sulfide) groups is 1. The number of hydrogen-bond donors (Lipinski definition) is 2. The minimum atomic E-state index is -0.250. The fourth-order valence-electron chi connectivity index (χ4n) is 1.05. The van der Waals surface area contributed by atoms with E-state index < -0.39 is 0 Å². The Bertz CT molecular complexity index is 83.1. The summed E-state index contributed by atoms with van der Waals surface area (Å²) in [5, 5.41) is 9.22. The molecule has 0 aliphatic carbocycles. The topological polar surface area (TPSA) is 46.2 Å². The van der Waals surface area contributed by atoms with Crippen molar-refractivity contribution in [3.8, 4) is 0 Å². The zero-order valence-electron chi connectivity index (χ0n) is 5.42.